The number of cyclic esters (lactones) is 1. The largest absolute Gasteiger partial charge is 1.00 e. The summed E-state index contributed by atoms with van der Waals surface area (Å²) >= 11 is 0. The van der Waals surface area contributed by atoms with Crippen molar-refractivity contribution in [3.63, 3.8) is 0 Å². The minimum atomic E-state index is -5.09. The molecule has 0 aliphatic carbocycles. The first kappa shape index (κ1) is 28.7. The summed E-state index contributed by atoms with van der Waals surface area (Å²) in [5.41, 5.74) is -1.52. The van der Waals surface area contributed by atoms with Crippen LogP contribution in [0.3, 0.4) is 0 Å². The zero-order chi connectivity index (χ0) is 26.2. The van der Waals surface area contributed by atoms with Gasteiger partial charge in [0.15, 0.2) is 29.1 Å². The van der Waals surface area contributed by atoms with Gasteiger partial charge in [-0.05, 0) is 6.08 Å². The molecule has 2 aromatic rings. The molecule has 192 valence electrons. The van der Waals surface area contributed by atoms with Gasteiger partial charge < -0.3 is 23.6 Å². The van der Waals surface area contributed by atoms with Gasteiger partial charge in [-0.1, -0.05) is 5.16 Å². The van der Waals surface area contributed by atoms with E-state index in [1.165, 1.54) is 0 Å². The number of nitrogens with zero attached hydrogens (tertiary/aromatic N) is 4. The molecule has 12 nitrogen and oxygen atoms in total. The van der Waals surface area contributed by atoms with Gasteiger partial charge in [0.05, 0.1) is 18.8 Å². The Morgan fingerprint density at radius 2 is 2.05 bits per heavy atom. The second-order valence-corrected chi connectivity index (χ2v) is 9.29. The first-order valence-electron chi connectivity index (χ1n) is 10.3. The molecule has 3 heterocycles. The number of carbonyl (C=O) groups is 3. The van der Waals surface area contributed by atoms with Crippen LogP contribution in [0.25, 0.3) is 0 Å². The van der Waals surface area contributed by atoms with E-state index in [1.54, 1.807) is 0 Å². The van der Waals surface area contributed by atoms with Gasteiger partial charge in [0.25, 0.3) is 7.75 Å². The predicted octanol–water partition coefficient (Wildman–Crippen LogP) is -0.748. The second-order valence-electron chi connectivity index (χ2n) is 7.69. The summed E-state index contributed by atoms with van der Waals surface area (Å²) in [6.07, 6.45) is 0.740. The van der Waals surface area contributed by atoms with Crippen LogP contribution in [-0.2, 0) is 23.4 Å². The van der Waals surface area contributed by atoms with Gasteiger partial charge in [-0.2, -0.15) is 0 Å². The fourth-order valence-corrected chi connectivity index (χ4v) is 4.82. The number of hydrogen-bond donors (Lipinski definition) is 0. The predicted molar refractivity (Wildman–Crippen MR) is 113 cm³/mol. The first-order chi connectivity index (χ1) is 17.0. The van der Waals surface area contributed by atoms with Crippen molar-refractivity contribution in [1.82, 2.24) is 5.16 Å². The number of carbonyl (C=O) groups excluding carboxylic acids is 3. The third kappa shape index (κ3) is 6.02. The standard InChI is InChI=1S/C20H18F3N4O8P.Na/c1-11(28)35-36(31,32)27(16-4-7-33-24-16)10-13-9-26(20(30)34-13)15-8-14(21)19(18(23)17(15)22)25-5-2-12(29)3-6-25;/h2,4-5,7-8,13H,3,6,9-10H2,1H3,(H,31,32);/q;+1/p-1. The summed E-state index contributed by atoms with van der Waals surface area (Å²) in [6, 6.07) is 1.72. The molecular weight excluding hydrogens is 535 g/mol. The van der Waals surface area contributed by atoms with Gasteiger partial charge in [0.2, 0.25) is 0 Å². The molecule has 17 heteroatoms. The maximum atomic E-state index is 15.0. The minimum absolute atomic E-state index is 0. The quantitative estimate of drug-likeness (QED) is 0.243. The van der Waals surface area contributed by atoms with Crippen molar-refractivity contribution in [2.24, 2.45) is 0 Å². The minimum Gasteiger partial charge on any atom is -0.751 e. The molecule has 2 unspecified atom stereocenters. The molecule has 0 bridgehead atoms. The summed E-state index contributed by atoms with van der Waals surface area (Å²) in [6.45, 7) is -0.373. The zero-order valence-corrected chi connectivity index (χ0v) is 22.3. The second kappa shape index (κ2) is 11.3. The molecule has 2 atom stereocenters. The Kier molecular flexibility index (Phi) is 8.75. The van der Waals surface area contributed by atoms with E-state index in [1.807, 2.05) is 0 Å². The Balaban J connectivity index is 0.00000380. The van der Waals surface area contributed by atoms with Crippen LogP contribution in [0, 0.1) is 17.5 Å². The van der Waals surface area contributed by atoms with E-state index in [0.29, 0.717) is 15.6 Å². The summed E-state index contributed by atoms with van der Waals surface area (Å²) in [5.74, 6) is -6.06. The van der Waals surface area contributed by atoms with Crippen molar-refractivity contribution in [3.8, 4) is 0 Å². The number of aromatic nitrogens is 1. The molecule has 37 heavy (non-hydrogen) atoms. The molecule has 0 radical (unpaired) electrons. The Hall–Kier alpha value is -2.84. The van der Waals surface area contributed by atoms with E-state index >= 15 is 0 Å². The summed E-state index contributed by atoms with van der Waals surface area (Å²) in [5, 5.41) is 3.47. The molecule has 2 aliphatic heterocycles. The van der Waals surface area contributed by atoms with Gasteiger partial charge in [-0.25, -0.2) is 18.0 Å². The molecule has 0 spiro atoms. The van der Waals surface area contributed by atoms with E-state index in [4.69, 9.17) is 4.74 Å². The average molecular weight is 552 g/mol. The van der Waals surface area contributed by atoms with E-state index in [2.05, 4.69) is 14.2 Å². The molecule has 1 saturated heterocycles. The van der Waals surface area contributed by atoms with E-state index in [9.17, 15) is 37.0 Å². The molecule has 2 aliphatic rings. The first-order valence-corrected chi connectivity index (χ1v) is 11.8. The zero-order valence-electron chi connectivity index (χ0n) is 19.4. The van der Waals surface area contributed by atoms with Crippen LogP contribution in [0.2, 0.25) is 0 Å². The maximum absolute atomic E-state index is 15.0. The van der Waals surface area contributed by atoms with Crippen molar-refractivity contribution in [2.75, 3.05) is 34.1 Å². The van der Waals surface area contributed by atoms with Crippen LogP contribution in [0.5, 0.6) is 0 Å². The van der Waals surface area contributed by atoms with Gasteiger partial charge in [0, 0.05) is 38.2 Å². The molecule has 1 fully saturated rings. The van der Waals surface area contributed by atoms with Crippen LogP contribution >= 0.6 is 7.75 Å². The van der Waals surface area contributed by atoms with E-state index in [0.717, 1.165) is 36.4 Å². The number of hydrogen-bond acceptors (Lipinski definition) is 10. The molecule has 4 rings (SSSR count). The van der Waals surface area contributed by atoms with Crippen LogP contribution < -0.4 is 48.9 Å². The number of allylic oxidation sites excluding steroid dienone is 1. The average Bonchev–Trinajstić information content (AvgIpc) is 3.45. The van der Waals surface area contributed by atoms with Gasteiger partial charge >= 0.3 is 41.6 Å². The third-order valence-corrected chi connectivity index (χ3v) is 6.66. The number of rotatable bonds is 7. The number of ether oxygens (including phenoxy) is 1. The van der Waals surface area contributed by atoms with E-state index in [-0.39, 0.29) is 54.1 Å². The number of ketones is 1. The van der Waals surface area contributed by atoms with Crippen LogP contribution in [0.4, 0.5) is 35.2 Å². The normalized spacial score (nSPS) is 18.8. The number of anilines is 3. The fraction of sp³-hybridized carbons (Fsp3) is 0.300. The van der Waals surface area contributed by atoms with Crippen molar-refractivity contribution in [2.45, 2.75) is 19.4 Å². The Morgan fingerprint density at radius 3 is 2.65 bits per heavy atom. The topological polar surface area (TPSA) is 146 Å². The Labute approximate surface area is 229 Å². The summed E-state index contributed by atoms with van der Waals surface area (Å²) in [4.78, 5) is 49.1. The number of halogens is 3. The Bertz CT molecular complexity index is 1290. The smallest absolute Gasteiger partial charge is 0.751 e. The SMILES string of the molecule is CC(=O)OP(=O)([O-])N(CC1CN(c2cc(F)c(N3C=CC(=O)CC3)c(F)c2F)C(=O)O1)c1ccon1.[Na+]. The number of benzene rings is 1. The van der Waals surface area contributed by atoms with Crippen LogP contribution in [0.15, 0.2) is 35.2 Å². The fourth-order valence-electron chi connectivity index (χ4n) is 3.66. The van der Waals surface area contributed by atoms with Crippen LogP contribution in [-0.4, -0.2) is 48.7 Å². The van der Waals surface area contributed by atoms with Gasteiger partial charge in [-0.15, -0.1) is 0 Å². The van der Waals surface area contributed by atoms with Crippen molar-refractivity contribution < 1.29 is 80.4 Å². The third-order valence-electron chi connectivity index (χ3n) is 5.21. The van der Waals surface area contributed by atoms with Crippen molar-refractivity contribution in [3.05, 3.63) is 48.1 Å². The van der Waals surface area contributed by atoms with Gasteiger partial charge in [-0.3, -0.25) is 23.7 Å². The molecular formula is C20H17F3N4NaO8P. The molecule has 0 N–H and O–H groups in total. The van der Waals surface area contributed by atoms with Crippen molar-refractivity contribution >= 4 is 42.8 Å². The molecule has 0 saturated carbocycles. The van der Waals surface area contributed by atoms with Gasteiger partial charge in [0.1, 0.15) is 18.1 Å². The number of amides is 1. The maximum Gasteiger partial charge on any atom is 1.00 e. The van der Waals surface area contributed by atoms with E-state index < -0.39 is 67.8 Å². The molecule has 1 aromatic carbocycles. The van der Waals surface area contributed by atoms with Crippen molar-refractivity contribution in [1.29, 1.82) is 0 Å². The monoisotopic (exact) mass is 552 g/mol. The molecule has 1 amide bonds. The molecule has 1 aromatic heterocycles. The Morgan fingerprint density at radius 1 is 1.32 bits per heavy atom. The summed E-state index contributed by atoms with van der Waals surface area (Å²) in [7, 11) is -5.09. The van der Waals surface area contributed by atoms with Crippen LogP contribution in [0.1, 0.15) is 13.3 Å². The summed E-state index contributed by atoms with van der Waals surface area (Å²) < 4.78 is 71.7.